The van der Waals surface area contributed by atoms with Crippen LogP contribution in [-0.2, 0) is 24.3 Å². The number of rotatable bonds is 7. The van der Waals surface area contributed by atoms with E-state index in [0.717, 1.165) is 36.4 Å². The van der Waals surface area contributed by atoms with Crippen LogP contribution in [0.4, 0.5) is 4.79 Å². The van der Waals surface area contributed by atoms with Crippen molar-refractivity contribution >= 4 is 11.9 Å². The van der Waals surface area contributed by atoms with Crippen molar-refractivity contribution in [2.45, 2.75) is 37.9 Å². The van der Waals surface area contributed by atoms with E-state index in [1.165, 1.54) is 4.90 Å². The molecule has 0 atom stereocenters. The van der Waals surface area contributed by atoms with Gasteiger partial charge in [-0.15, -0.1) is 0 Å². The van der Waals surface area contributed by atoms with Gasteiger partial charge in [-0.3, -0.25) is 19.6 Å². The molecule has 2 aromatic heterocycles. The molecule has 0 bridgehead atoms. The highest BCUT2D eigenvalue weighted by molar-refractivity contribution is 6.07. The molecule has 0 unspecified atom stereocenters. The Morgan fingerprint density at radius 1 is 0.909 bits per heavy atom. The predicted molar refractivity (Wildman–Crippen MR) is 123 cm³/mol. The number of benzene rings is 1. The van der Waals surface area contributed by atoms with Crippen LogP contribution < -0.4 is 0 Å². The second kappa shape index (κ2) is 9.19. The number of hydrogen-bond acceptors (Lipinski definition) is 5. The average Bonchev–Trinajstić information content (AvgIpc) is 3.43. The molecule has 2 aliphatic rings. The molecule has 0 radical (unpaired) electrons. The topological polar surface area (TPSA) is 69.9 Å². The van der Waals surface area contributed by atoms with Crippen molar-refractivity contribution in [3.05, 3.63) is 90.1 Å². The minimum Gasteiger partial charge on any atom is -0.468 e. The summed E-state index contributed by atoms with van der Waals surface area (Å²) in [6.07, 6.45) is 7.05. The zero-order valence-electron chi connectivity index (χ0n) is 18.6. The summed E-state index contributed by atoms with van der Waals surface area (Å²) >= 11 is 0. The molecule has 33 heavy (non-hydrogen) atoms. The van der Waals surface area contributed by atoms with Gasteiger partial charge >= 0.3 is 6.03 Å². The van der Waals surface area contributed by atoms with Crippen molar-refractivity contribution in [3.63, 3.8) is 0 Å². The lowest BCUT2D eigenvalue weighted by Crippen LogP contribution is -2.56. The van der Waals surface area contributed by atoms with Crippen molar-refractivity contribution in [1.29, 1.82) is 0 Å². The van der Waals surface area contributed by atoms with E-state index in [2.05, 4.69) is 22.0 Å². The van der Waals surface area contributed by atoms with Gasteiger partial charge < -0.3 is 9.32 Å². The van der Waals surface area contributed by atoms with E-state index in [-0.39, 0.29) is 18.5 Å². The number of urea groups is 1. The number of carbonyl (C=O) groups excluding carboxylic acids is 2. The third kappa shape index (κ3) is 4.28. The van der Waals surface area contributed by atoms with Crippen molar-refractivity contribution in [2.75, 3.05) is 19.6 Å². The van der Waals surface area contributed by atoms with Gasteiger partial charge in [-0.2, -0.15) is 0 Å². The summed E-state index contributed by atoms with van der Waals surface area (Å²) in [5.41, 5.74) is 1.23. The smallest absolute Gasteiger partial charge is 0.328 e. The lowest BCUT2D eigenvalue weighted by Gasteiger charge is -2.42. The highest BCUT2D eigenvalue weighted by Crippen LogP contribution is 2.38. The number of likely N-dealkylation sites (tertiary alicyclic amines) is 1. The van der Waals surface area contributed by atoms with E-state index in [1.54, 1.807) is 18.7 Å². The molecule has 0 N–H and O–H groups in total. The maximum absolute atomic E-state index is 13.7. The molecule has 7 nitrogen and oxygen atoms in total. The number of nitrogens with zero attached hydrogens (tertiary/aromatic N) is 4. The molecule has 2 aliphatic heterocycles. The highest BCUT2D eigenvalue weighted by Gasteiger charge is 2.57. The first-order valence-electron chi connectivity index (χ1n) is 11.5. The van der Waals surface area contributed by atoms with Crippen LogP contribution in [0.3, 0.4) is 0 Å². The standard InChI is InChI=1S/C26H28N4O3/c31-24-26(11-15-28(16-12-26)20-23-9-5-17-33-23)30(14-10-21-6-2-1-3-7-21)25(32)29(24)19-22-8-4-13-27-18-22/h1-9,13,17-18H,10-12,14-16,19-20H2. The fourth-order valence-corrected chi connectivity index (χ4v) is 4.98. The summed E-state index contributed by atoms with van der Waals surface area (Å²) < 4.78 is 5.50. The van der Waals surface area contributed by atoms with Gasteiger partial charge in [-0.25, -0.2) is 4.79 Å². The highest BCUT2D eigenvalue weighted by atomic mass is 16.3. The molecule has 4 heterocycles. The molecule has 7 heteroatoms. The predicted octanol–water partition coefficient (Wildman–Crippen LogP) is 3.72. The average molecular weight is 445 g/mol. The Labute approximate surface area is 193 Å². The molecular weight excluding hydrogens is 416 g/mol. The van der Waals surface area contributed by atoms with Crippen LogP contribution in [0.1, 0.15) is 29.7 Å². The summed E-state index contributed by atoms with van der Waals surface area (Å²) in [5.74, 6) is 0.834. The van der Waals surface area contributed by atoms with E-state index in [1.807, 2.05) is 47.4 Å². The molecule has 1 spiro atoms. The lowest BCUT2D eigenvalue weighted by atomic mass is 9.85. The van der Waals surface area contributed by atoms with Crippen molar-refractivity contribution in [2.24, 2.45) is 0 Å². The van der Waals surface area contributed by atoms with Crippen molar-refractivity contribution in [3.8, 4) is 0 Å². The number of pyridine rings is 1. The molecular formula is C26H28N4O3. The minimum atomic E-state index is -0.784. The Balaban J connectivity index is 1.36. The van der Waals surface area contributed by atoms with E-state index in [4.69, 9.17) is 4.42 Å². The third-order valence-electron chi connectivity index (χ3n) is 6.79. The molecule has 0 aliphatic carbocycles. The first-order chi connectivity index (χ1) is 16.2. The summed E-state index contributed by atoms with van der Waals surface area (Å²) in [6.45, 7) is 2.97. The molecule has 3 amide bonds. The van der Waals surface area contributed by atoms with Gasteiger partial charge in [0.15, 0.2) is 0 Å². The lowest BCUT2D eigenvalue weighted by molar-refractivity contribution is -0.136. The Hall–Kier alpha value is -3.45. The SMILES string of the molecule is O=C1N(Cc2cccnc2)C(=O)C2(CCN(Cc3ccco3)CC2)N1CCc1ccccc1. The van der Waals surface area contributed by atoms with Gasteiger partial charge in [0.1, 0.15) is 11.3 Å². The maximum atomic E-state index is 13.7. The van der Waals surface area contributed by atoms with Crippen LogP contribution >= 0.6 is 0 Å². The summed E-state index contributed by atoms with van der Waals surface area (Å²) in [5, 5.41) is 0. The molecule has 170 valence electrons. The number of furan rings is 1. The van der Waals surface area contributed by atoms with Crippen LogP contribution in [0.2, 0.25) is 0 Å². The fraction of sp³-hybridized carbons (Fsp3) is 0.346. The molecule has 0 saturated carbocycles. The molecule has 1 aromatic carbocycles. The van der Waals surface area contributed by atoms with Crippen LogP contribution in [0.5, 0.6) is 0 Å². The molecule has 2 fully saturated rings. The summed E-state index contributed by atoms with van der Waals surface area (Å²) in [7, 11) is 0. The third-order valence-corrected chi connectivity index (χ3v) is 6.79. The Bertz CT molecular complexity index is 1080. The van der Waals surface area contributed by atoms with Gasteiger partial charge in [0.25, 0.3) is 5.91 Å². The zero-order chi connectivity index (χ0) is 22.7. The quantitative estimate of drug-likeness (QED) is 0.520. The number of hydrogen-bond donors (Lipinski definition) is 0. The first kappa shape index (κ1) is 21.4. The molecule has 2 saturated heterocycles. The zero-order valence-corrected chi connectivity index (χ0v) is 18.6. The Morgan fingerprint density at radius 2 is 1.70 bits per heavy atom. The Kier molecular flexibility index (Phi) is 5.96. The number of amides is 3. The van der Waals surface area contributed by atoms with E-state index >= 15 is 0 Å². The van der Waals surface area contributed by atoms with Crippen LogP contribution in [0.25, 0.3) is 0 Å². The van der Waals surface area contributed by atoms with Crippen LogP contribution in [0, 0.1) is 0 Å². The normalized spacial score (nSPS) is 18.4. The van der Waals surface area contributed by atoms with Crippen LogP contribution in [-0.4, -0.2) is 56.8 Å². The maximum Gasteiger partial charge on any atom is 0.328 e. The monoisotopic (exact) mass is 444 g/mol. The van der Waals surface area contributed by atoms with Gasteiger partial charge in [0.2, 0.25) is 0 Å². The fourth-order valence-electron chi connectivity index (χ4n) is 4.98. The number of piperidine rings is 1. The van der Waals surface area contributed by atoms with Gasteiger partial charge in [0.05, 0.1) is 19.4 Å². The summed E-state index contributed by atoms with van der Waals surface area (Å²) in [6, 6.07) is 17.5. The van der Waals surface area contributed by atoms with Crippen LogP contribution in [0.15, 0.2) is 77.7 Å². The molecule has 5 rings (SSSR count). The van der Waals surface area contributed by atoms with Gasteiger partial charge in [-0.1, -0.05) is 36.4 Å². The Morgan fingerprint density at radius 3 is 2.39 bits per heavy atom. The number of aromatic nitrogens is 1. The van der Waals surface area contributed by atoms with E-state index in [9.17, 15) is 9.59 Å². The summed E-state index contributed by atoms with van der Waals surface area (Å²) in [4.78, 5) is 37.0. The second-order valence-corrected chi connectivity index (χ2v) is 8.81. The van der Waals surface area contributed by atoms with Gasteiger partial charge in [-0.05, 0) is 48.6 Å². The second-order valence-electron chi connectivity index (χ2n) is 8.81. The minimum absolute atomic E-state index is 0.0814. The van der Waals surface area contributed by atoms with Gasteiger partial charge in [0, 0.05) is 32.0 Å². The van der Waals surface area contributed by atoms with E-state index in [0.29, 0.717) is 25.9 Å². The van der Waals surface area contributed by atoms with Crippen molar-refractivity contribution < 1.29 is 14.0 Å². The molecule has 3 aromatic rings. The number of imide groups is 1. The van der Waals surface area contributed by atoms with E-state index < -0.39 is 5.54 Å². The van der Waals surface area contributed by atoms with Crippen molar-refractivity contribution in [1.82, 2.24) is 19.7 Å². The largest absolute Gasteiger partial charge is 0.468 e. The number of carbonyl (C=O) groups is 2. The first-order valence-corrected chi connectivity index (χ1v) is 11.5.